The number of nitriles is 1. The first-order chi connectivity index (χ1) is 10.7. The van der Waals surface area contributed by atoms with Gasteiger partial charge in [0.25, 0.3) is 0 Å². The van der Waals surface area contributed by atoms with E-state index in [0.717, 1.165) is 25.0 Å². The number of alkyl halides is 3. The molecule has 4 nitrogen and oxygen atoms in total. The van der Waals surface area contributed by atoms with Gasteiger partial charge in [0, 0.05) is 5.69 Å². The average Bonchev–Trinajstić information content (AvgIpc) is 3.30. The fourth-order valence-electron chi connectivity index (χ4n) is 2.25. The van der Waals surface area contributed by atoms with Crippen molar-refractivity contribution in [3.8, 4) is 6.07 Å². The van der Waals surface area contributed by atoms with Crippen molar-refractivity contribution >= 4 is 23.2 Å². The zero-order valence-corrected chi connectivity index (χ0v) is 13.1. The Hall–Kier alpha value is -1.94. The van der Waals surface area contributed by atoms with Crippen molar-refractivity contribution in [2.75, 3.05) is 11.9 Å². The van der Waals surface area contributed by atoms with E-state index in [4.69, 9.17) is 16.9 Å². The third kappa shape index (κ3) is 4.29. The van der Waals surface area contributed by atoms with Gasteiger partial charge in [-0.05, 0) is 43.9 Å². The third-order valence-corrected chi connectivity index (χ3v) is 4.08. The van der Waals surface area contributed by atoms with E-state index >= 15 is 0 Å². The SMILES string of the molecule is C[C@@](C#N)(NC(=O)CNc1ccc(Cl)c(C(F)(F)F)c1)C1CC1. The number of rotatable bonds is 5. The zero-order chi connectivity index (χ0) is 17.3. The van der Waals surface area contributed by atoms with Gasteiger partial charge >= 0.3 is 6.18 Å². The standard InChI is InChI=1S/C15H15ClF3N3O/c1-14(8-20,9-2-3-9)22-13(23)7-21-10-4-5-12(16)11(6-10)15(17,18)19/h4-6,9,21H,2-3,7H2,1H3,(H,22,23)/t14-/m0/s1. The van der Waals surface area contributed by atoms with E-state index in [9.17, 15) is 18.0 Å². The lowest BCUT2D eigenvalue weighted by atomic mass is 9.98. The molecule has 0 aliphatic heterocycles. The second-order valence-electron chi connectivity index (χ2n) is 5.68. The maximum atomic E-state index is 12.8. The minimum absolute atomic E-state index is 0.127. The molecule has 1 aliphatic rings. The molecule has 1 aromatic carbocycles. The van der Waals surface area contributed by atoms with Crippen molar-refractivity contribution in [1.82, 2.24) is 5.32 Å². The van der Waals surface area contributed by atoms with Crippen molar-refractivity contribution in [3.05, 3.63) is 28.8 Å². The second kappa shape index (κ2) is 6.28. The summed E-state index contributed by atoms with van der Waals surface area (Å²) in [6.45, 7) is 1.41. The predicted molar refractivity (Wildman–Crippen MR) is 79.8 cm³/mol. The van der Waals surface area contributed by atoms with E-state index in [2.05, 4.69) is 16.7 Å². The molecule has 0 spiro atoms. The normalized spacial score (nSPS) is 17.0. The topological polar surface area (TPSA) is 64.9 Å². The van der Waals surface area contributed by atoms with E-state index in [0.29, 0.717) is 0 Å². The van der Waals surface area contributed by atoms with E-state index in [1.54, 1.807) is 6.92 Å². The third-order valence-electron chi connectivity index (χ3n) is 3.75. The Morgan fingerprint density at radius 1 is 1.43 bits per heavy atom. The van der Waals surface area contributed by atoms with Crippen LogP contribution in [0.1, 0.15) is 25.3 Å². The lowest BCUT2D eigenvalue weighted by molar-refractivity contribution is -0.137. The first-order valence-electron chi connectivity index (χ1n) is 6.98. The van der Waals surface area contributed by atoms with E-state index in [-0.39, 0.29) is 18.2 Å². The van der Waals surface area contributed by atoms with Crippen molar-refractivity contribution in [2.45, 2.75) is 31.5 Å². The molecule has 2 N–H and O–H groups in total. The Labute approximate surface area is 136 Å². The molecule has 23 heavy (non-hydrogen) atoms. The van der Waals surface area contributed by atoms with Crippen LogP contribution >= 0.6 is 11.6 Å². The van der Waals surface area contributed by atoms with Crippen LogP contribution in [0.3, 0.4) is 0 Å². The number of anilines is 1. The minimum Gasteiger partial charge on any atom is -0.376 e. The Morgan fingerprint density at radius 3 is 2.61 bits per heavy atom. The van der Waals surface area contributed by atoms with E-state index in [1.165, 1.54) is 6.07 Å². The zero-order valence-electron chi connectivity index (χ0n) is 12.3. The molecule has 0 radical (unpaired) electrons. The summed E-state index contributed by atoms with van der Waals surface area (Å²) >= 11 is 5.53. The molecule has 1 amide bonds. The maximum Gasteiger partial charge on any atom is 0.417 e. The van der Waals surface area contributed by atoms with Gasteiger partial charge in [0.1, 0.15) is 5.54 Å². The highest BCUT2D eigenvalue weighted by Crippen LogP contribution is 2.39. The number of amides is 1. The molecule has 0 saturated heterocycles. The molecule has 8 heteroatoms. The first kappa shape index (κ1) is 17.4. The summed E-state index contributed by atoms with van der Waals surface area (Å²) < 4.78 is 38.3. The van der Waals surface area contributed by atoms with Crippen LogP contribution in [-0.2, 0) is 11.0 Å². The molecule has 0 heterocycles. The van der Waals surface area contributed by atoms with Crippen molar-refractivity contribution in [3.63, 3.8) is 0 Å². The Morgan fingerprint density at radius 2 is 2.09 bits per heavy atom. The highest BCUT2D eigenvalue weighted by Gasteiger charge is 2.42. The lowest BCUT2D eigenvalue weighted by Gasteiger charge is -2.23. The van der Waals surface area contributed by atoms with Gasteiger partial charge in [0.15, 0.2) is 0 Å². The van der Waals surface area contributed by atoms with E-state index in [1.807, 2.05) is 0 Å². The number of benzene rings is 1. The van der Waals surface area contributed by atoms with Crippen LogP contribution in [0.5, 0.6) is 0 Å². The van der Waals surface area contributed by atoms with Crippen LogP contribution in [-0.4, -0.2) is 18.0 Å². The summed E-state index contributed by atoms with van der Waals surface area (Å²) in [6.07, 6.45) is -2.81. The Balaban J connectivity index is 1.98. The number of hydrogen-bond donors (Lipinski definition) is 2. The molecule has 0 unspecified atom stereocenters. The van der Waals surface area contributed by atoms with Crippen molar-refractivity contribution < 1.29 is 18.0 Å². The Kier molecular flexibility index (Phi) is 4.76. The molecule has 1 fully saturated rings. The van der Waals surface area contributed by atoms with Gasteiger partial charge < -0.3 is 10.6 Å². The van der Waals surface area contributed by atoms with Crippen molar-refractivity contribution in [1.29, 1.82) is 5.26 Å². The molecule has 1 saturated carbocycles. The first-order valence-corrected chi connectivity index (χ1v) is 7.36. The van der Waals surface area contributed by atoms with Gasteiger partial charge in [-0.15, -0.1) is 0 Å². The summed E-state index contributed by atoms with van der Waals surface area (Å²) in [5.41, 5.74) is -1.78. The van der Waals surface area contributed by atoms with Crippen LogP contribution < -0.4 is 10.6 Å². The molecular weight excluding hydrogens is 331 g/mol. The second-order valence-corrected chi connectivity index (χ2v) is 6.09. The van der Waals surface area contributed by atoms with Crippen LogP contribution in [0, 0.1) is 17.2 Å². The molecule has 0 bridgehead atoms. The summed E-state index contributed by atoms with van der Waals surface area (Å²) in [5.74, 6) is -0.326. The number of nitrogens with zero attached hydrogens (tertiary/aromatic N) is 1. The monoisotopic (exact) mass is 345 g/mol. The van der Waals surface area contributed by atoms with Crippen LogP contribution in [0.4, 0.5) is 18.9 Å². The molecule has 1 atom stereocenters. The number of nitrogens with one attached hydrogen (secondary N) is 2. The molecule has 1 aromatic rings. The number of halogens is 4. The summed E-state index contributed by atoms with van der Waals surface area (Å²) in [4.78, 5) is 11.9. The minimum atomic E-state index is -4.57. The highest BCUT2D eigenvalue weighted by atomic mass is 35.5. The molecule has 2 rings (SSSR count). The number of carbonyl (C=O) groups excluding carboxylic acids is 1. The largest absolute Gasteiger partial charge is 0.417 e. The Bertz CT molecular complexity index is 652. The number of hydrogen-bond acceptors (Lipinski definition) is 3. The van der Waals surface area contributed by atoms with Crippen LogP contribution in [0.25, 0.3) is 0 Å². The van der Waals surface area contributed by atoms with Gasteiger partial charge in [0.2, 0.25) is 5.91 Å². The lowest BCUT2D eigenvalue weighted by Crippen LogP contribution is -2.48. The molecule has 0 aromatic heterocycles. The van der Waals surface area contributed by atoms with Gasteiger partial charge in [-0.3, -0.25) is 4.79 Å². The summed E-state index contributed by atoms with van der Waals surface area (Å²) in [5, 5.41) is 14.0. The summed E-state index contributed by atoms with van der Waals surface area (Å²) in [6, 6.07) is 5.40. The van der Waals surface area contributed by atoms with E-state index < -0.39 is 28.2 Å². The fraction of sp³-hybridized carbons (Fsp3) is 0.467. The maximum absolute atomic E-state index is 12.8. The van der Waals surface area contributed by atoms with Crippen LogP contribution in [0.2, 0.25) is 5.02 Å². The fourth-order valence-corrected chi connectivity index (χ4v) is 2.48. The molecule has 124 valence electrons. The van der Waals surface area contributed by atoms with Crippen LogP contribution in [0.15, 0.2) is 18.2 Å². The molecular formula is C15H15ClF3N3O. The van der Waals surface area contributed by atoms with Gasteiger partial charge in [-0.1, -0.05) is 11.6 Å². The highest BCUT2D eigenvalue weighted by molar-refractivity contribution is 6.31. The quantitative estimate of drug-likeness (QED) is 0.857. The smallest absolute Gasteiger partial charge is 0.376 e. The van der Waals surface area contributed by atoms with Crippen molar-refractivity contribution in [2.24, 2.45) is 5.92 Å². The number of carbonyl (C=O) groups is 1. The summed E-state index contributed by atoms with van der Waals surface area (Å²) in [7, 11) is 0. The van der Waals surface area contributed by atoms with Gasteiger partial charge in [0.05, 0.1) is 23.2 Å². The predicted octanol–water partition coefficient (Wildman–Crippen LogP) is 3.58. The molecule has 1 aliphatic carbocycles. The van der Waals surface area contributed by atoms with Gasteiger partial charge in [-0.25, -0.2) is 0 Å². The average molecular weight is 346 g/mol. The van der Waals surface area contributed by atoms with Gasteiger partial charge in [-0.2, -0.15) is 18.4 Å².